The fourth-order valence-electron chi connectivity index (χ4n) is 6.76. The quantitative estimate of drug-likeness (QED) is 0.329. The van der Waals surface area contributed by atoms with Crippen molar-refractivity contribution in [1.29, 1.82) is 0 Å². The van der Waals surface area contributed by atoms with Gasteiger partial charge in [0.25, 0.3) is 6.01 Å². The van der Waals surface area contributed by atoms with Crippen LogP contribution in [0.1, 0.15) is 63.9 Å². The van der Waals surface area contributed by atoms with Gasteiger partial charge in [0.15, 0.2) is 5.65 Å². The molecule has 3 aliphatic rings. The van der Waals surface area contributed by atoms with Gasteiger partial charge in [-0.15, -0.1) is 0 Å². The van der Waals surface area contributed by atoms with Crippen molar-refractivity contribution >= 4 is 40.2 Å². The van der Waals surface area contributed by atoms with Crippen LogP contribution >= 0.6 is 11.6 Å². The number of nitrogens with zero attached hydrogens (tertiary/aromatic N) is 3. The summed E-state index contributed by atoms with van der Waals surface area (Å²) >= 11 is 6.65. The molecule has 2 fully saturated rings. The zero-order valence-corrected chi connectivity index (χ0v) is 24.7. The fraction of sp³-hybridized carbons (Fsp3) is 0.500. The Labute approximate surface area is 250 Å². The van der Waals surface area contributed by atoms with Crippen molar-refractivity contribution < 1.29 is 24.2 Å². The molecule has 0 atom stereocenters. The van der Waals surface area contributed by atoms with E-state index < -0.39 is 6.61 Å². The molecule has 0 radical (unpaired) electrons. The Hall–Kier alpha value is -3.43. The highest BCUT2D eigenvalue weighted by Crippen LogP contribution is 2.53. The van der Waals surface area contributed by atoms with E-state index >= 15 is 0 Å². The van der Waals surface area contributed by atoms with Crippen molar-refractivity contribution in [2.75, 3.05) is 26.3 Å². The minimum atomic E-state index is -0.459. The zero-order chi connectivity index (χ0) is 29.3. The van der Waals surface area contributed by atoms with Crippen LogP contribution in [0.5, 0.6) is 6.01 Å². The normalized spacial score (nSPS) is 21.9. The van der Waals surface area contributed by atoms with Crippen molar-refractivity contribution in [2.24, 2.45) is 11.3 Å². The maximum absolute atomic E-state index is 12.7. The molecule has 10 heteroatoms. The number of amides is 1. The van der Waals surface area contributed by atoms with Gasteiger partial charge < -0.3 is 24.5 Å². The number of aromatic nitrogens is 3. The number of esters is 1. The van der Waals surface area contributed by atoms with E-state index in [4.69, 9.17) is 31.2 Å². The molecule has 0 spiro atoms. The third-order valence-electron chi connectivity index (χ3n) is 9.29. The Balaban J connectivity index is 1.10. The number of hydrogen-bond donors (Lipinski definition) is 2. The summed E-state index contributed by atoms with van der Waals surface area (Å²) in [6.07, 6.45) is 9.43. The lowest BCUT2D eigenvalue weighted by molar-refractivity contribution is -0.168. The number of nitrogens with one attached hydrogen (secondary N) is 1. The number of rotatable bonds is 8. The average molecular weight is 593 g/mol. The summed E-state index contributed by atoms with van der Waals surface area (Å²) in [6.45, 7) is 2.94. The van der Waals surface area contributed by atoms with E-state index in [0.29, 0.717) is 53.5 Å². The molecule has 9 nitrogen and oxygen atoms in total. The Morgan fingerprint density at radius 2 is 1.86 bits per heavy atom. The average Bonchev–Trinajstić information content (AvgIpc) is 3.37. The molecule has 1 aliphatic heterocycles. The molecule has 2 N–H and O–H groups in total. The lowest BCUT2D eigenvalue weighted by atomic mass is 9.57. The van der Waals surface area contributed by atoms with Gasteiger partial charge in [-0.25, -0.2) is 4.98 Å². The molecular weight excluding hydrogens is 556 g/mol. The van der Waals surface area contributed by atoms with Crippen molar-refractivity contribution in [1.82, 2.24) is 19.9 Å². The number of carbonyl (C=O) groups is 2. The first kappa shape index (κ1) is 28.7. The second kappa shape index (κ2) is 12.1. The van der Waals surface area contributed by atoms with Crippen LogP contribution in [-0.4, -0.2) is 69.2 Å². The number of carbonyl (C=O) groups excluding carboxylic acids is 2. The molecule has 42 heavy (non-hydrogen) atoms. The number of hydrogen-bond acceptors (Lipinski definition) is 7. The number of aliphatic hydroxyl groups is 1. The number of H-pyrrole nitrogens is 1. The molecule has 6 rings (SSSR count). The number of fused-ring (bicyclic) bond motifs is 1. The molecule has 222 valence electrons. The largest absolute Gasteiger partial charge is 0.466 e. The standard InChI is InChI=1S/C32H37ClN4O5/c1-2-41-30(40)32(14-3-15-32)23-8-10-24(11-9-23)42-31-34-26-18-25(33)28(35-29(26)36-31)22-6-4-20(5-7-22)21-12-16-37(17-13-21)27(39)19-38/h4-7,12,18,23-24,38H,2-3,8-11,13-17,19H2,1H3,(H,34,35,36)/t23-,24-. The second-order valence-electron chi connectivity index (χ2n) is 11.6. The van der Waals surface area contributed by atoms with E-state index in [0.717, 1.165) is 62.5 Å². The maximum Gasteiger partial charge on any atom is 0.312 e. The number of aliphatic hydroxyl groups excluding tert-OH is 1. The van der Waals surface area contributed by atoms with Crippen LogP contribution in [0.2, 0.25) is 5.02 Å². The second-order valence-corrected chi connectivity index (χ2v) is 12.0. The van der Waals surface area contributed by atoms with E-state index in [9.17, 15) is 9.59 Å². The summed E-state index contributed by atoms with van der Waals surface area (Å²) in [6, 6.07) is 10.3. The number of halogens is 1. The van der Waals surface area contributed by atoms with Gasteiger partial charge in [-0.2, -0.15) is 4.98 Å². The van der Waals surface area contributed by atoms with Crippen molar-refractivity contribution in [2.45, 2.75) is 64.4 Å². The predicted octanol–water partition coefficient (Wildman–Crippen LogP) is 5.56. The van der Waals surface area contributed by atoms with Crippen LogP contribution < -0.4 is 4.74 Å². The van der Waals surface area contributed by atoms with Gasteiger partial charge in [-0.05, 0) is 75.0 Å². The summed E-state index contributed by atoms with van der Waals surface area (Å²) < 4.78 is 11.7. The van der Waals surface area contributed by atoms with E-state index in [1.165, 1.54) is 5.57 Å². The third kappa shape index (κ3) is 5.52. The molecule has 0 unspecified atom stereocenters. The lowest BCUT2D eigenvalue weighted by Crippen LogP contribution is -2.47. The molecule has 0 saturated heterocycles. The minimum absolute atomic E-state index is 0.0133. The highest BCUT2D eigenvalue weighted by molar-refractivity contribution is 6.33. The Bertz CT molecular complexity index is 1490. The molecule has 3 aromatic rings. The Morgan fingerprint density at radius 3 is 2.48 bits per heavy atom. The van der Waals surface area contributed by atoms with Crippen LogP contribution in [0.4, 0.5) is 0 Å². The van der Waals surface area contributed by atoms with E-state index in [-0.39, 0.29) is 23.4 Å². The van der Waals surface area contributed by atoms with Gasteiger partial charge in [-0.3, -0.25) is 9.59 Å². The number of ether oxygens (including phenoxy) is 2. The van der Waals surface area contributed by atoms with Crippen molar-refractivity contribution in [3.63, 3.8) is 0 Å². The van der Waals surface area contributed by atoms with Gasteiger partial charge >= 0.3 is 5.97 Å². The van der Waals surface area contributed by atoms with Crippen LogP contribution in [0, 0.1) is 11.3 Å². The van der Waals surface area contributed by atoms with Gasteiger partial charge in [0, 0.05) is 18.7 Å². The monoisotopic (exact) mass is 592 g/mol. The smallest absolute Gasteiger partial charge is 0.312 e. The van der Waals surface area contributed by atoms with Crippen molar-refractivity contribution in [3.8, 4) is 17.3 Å². The Kier molecular flexibility index (Phi) is 8.23. The summed E-state index contributed by atoms with van der Waals surface area (Å²) in [5.74, 6) is 0.0967. The summed E-state index contributed by atoms with van der Waals surface area (Å²) in [7, 11) is 0. The summed E-state index contributed by atoms with van der Waals surface area (Å²) in [5.41, 5.74) is 4.76. The number of aromatic amines is 1. The van der Waals surface area contributed by atoms with Crippen LogP contribution in [0.15, 0.2) is 36.4 Å². The van der Waals surface area contributed by atoms with E-state index in [1.807, 2.05) is 43.3 Å². The summed E-state index contributed by atoms with van der Waals surface area (Å²) in [4.78, 5) is 38.7. The number of imidazole rings is 1. The van der Waals surface area contributed by atoms with Crippen LogP contribution in [-0.2, 0) is 14.3 Å². The molecule has 3 heterocycles. The van der Waals surface area contributed by atoms with Gasteiger partial charge in [0.05, 0.1) is 28.3 Å². The number of pyridine rings is 1. The molecule has 1 aromatic carbocycles. The predicted molar refractivity (Wildman–Crippen MR) is 160 cm³/mol. The number of benzene rings is 1. The molecular formula is C32H37ClN4O5. The van der Waals surface area contributed by atoms with Gasteiger partial charge in [0.2, 0.25) is 5.91 Å². The van der Waals surface area contributed by atoms with Gasteiger partial charge in [-0.1, -0.05) is 48.4 Å². The first-order valence-electron chi connectivity index (χ1n) is 15.0. The minimum Gasteiger partial charge on any atom is -0.466 e. The lowest BCUT2D eigenvalue weighted by Gasteiger charge is -2.47. The molecule has 2 aromatic heterocycles. The van der Waals surface area contributed by atoms with Gasteiger partial charge in [0.1, 0.15) is 12.7 Å². The Morgan fingerprint density at radius 1 is 1.12 bits per heavy atom. The molecule has 2 saturated carbocycles. The zero-order valence-electron chi connectivity index (χ0n) is 23.9. The van der Waals surface area contributed by atoms with E-state index in [2.05, 4.69) is 9.97 Å². The SMILES string of the molecule is CCOC(=O)C1([C@H]2CC[C@H](Oc3nc4nc(-c5ccc(C6=CCN(C(=O)CO)CC6)cc5)c(Cl)cc4[nH]3)CC2)CCC1. The highest BCUT2D eigenvalue weighted by atomic mass is 35.5. The first-order valence-corrected chi connectivity index (χ1v) is 15.4. The first-order chi connectivity index (χ1) is 20.4. The highest BCUT2D eigenvalue weighted by Gasteiger charge is 2.52. The third-order valence-corrected chi connectivity index (χ3v) is 9.58. The van der Waals surface area contributed by atoms with Crippen LogP contribution in [0.3, 0.4) is 0 Å². The fourth-order valence-corrected chi connectivity index (χ4v) is 7.02. The molecule has 0 bridgehead atoms. The van der Waals surface area contributed by atoms with Crippen molar-refractivity contribution in [3.05, 3.63) is 47.0 Å². The van der Waals surface area contributed by atoms with Crippen LogP contribution in [0.25, 0.3) is 28.0 Å². The summed E-state index contributed by atoms with van der Waals surface area (Å²) in [5, 5.41) is 9.61. The molecule has 2 aliphatic carbocycles. The molecule has 1 amide bonds. The van der Waals surface area contributed by atoms with E-state index in [1.54, 1.807) is 4.90 Å². The maximum atomic E-state index is 12.7. The topological polar surface area (TPSA) is 118 Å².